The summed E-state index contributed by atoms with van der Waals surface area (Å²) in [5.74, 6) is 1.45. The van der Waals surface area contributed by atoms with Crippen LogP contribution in [0.2, 0.25) is 0 Å². The van der Waals surface area contributed by atoms with Crippen molar-refractivity contribution in [3.8, 4) is 11.4 Å². The molecule has 2 heterocycles. The molecule has 1 amide bonds. The highest BCUT2D eigenvalue weighted by Gasteiger charge is 2.13. The fourth-order valence-electron chi connectivity index (χ4n) is 2.89. The summed E-state index contributed by atoms with van der Waals surface area (Å²) in [6, 6.07) is 17.8. The van der Waals surface area contributed by atoms with Crippen LogP contribution in [0.3, 0.4) is 0 Å². The van der Waals surface area contributed by atoms with Gasteiger partial charge in [0.05, 0.1) is 12.1 Å². The summed E-state index contributed by atoms with van der Waals surface area (Å²) in [6.07, 6.45) is 0.269. The molecule has 4 rings (SSSR count). The first-order chi connectivity index (χ1) is 14.6. The molecule has 0 fully saturated rings. The smallest absolute Gasteiger partial charge is 0.231 e. The number of nitrogens with zero attached hydrogens (tertiary/aromatic N) is 4. The van der Waals surface area contributed by atoms with E-state index in [2.05, 4.69) is 20.5 Å². The summed E-state index contributed by atoms with van der Waals surface area (Å²) >= 11 is 3.09. The van der Waals surface area contributed by atoms with Crippen LogP contribution in [0.4, 0.5) is 5.69 Å². The quantitative estimate of drug-likeness (QED) is 0.425. The van der Waals surface area contributed by atoms with Gasteiger partial charge in [-0.3, -0.25) is 4.79 Å². The maximum atomic E-state index is 12.3. The molecule has 2 aromatic heterocycles. The molecule has 0 radical (unpaired) electrons. The number of carbonyl (C=O) groups excluding carboxylic acids is 1. The second kappa shape index (κ2) is 9.23. The van der Waals surface area contributed by atoms with Gasteiger partial charge in [0.15, 0.2) is 11.0 Å². The lowest BCUT2D eigenvalue weighted by molar-refractivity contribution is -0.115. The number of aromatic nitrogens is 4. The van der Waals surface area contributed by atoms with Gasteiger partial charge < -0.3 is 9.88 Å². The number of benzene rings is 2. The highest BCUT2D eigenvalue weighted by molar-refractivity contribution is 7.98. The minimum Gasteiger partial charge on any atom is -0.326 e. The van der Waals surface area contributed by atoms with Crippen LogP contribution in [0, 0.1) is 6.92 Å². The van der Waals surface area contributed by atoms with Gasteiger partial charge in [-0.1, -0.05) is 59.8 Å². The average molecular weight is 436 g/mol. The van der Waals surface area contributed by atoms with Gasteiger partial charge in [-0.2, -0.15) is 0 Å². The van der Waals surface area contributed by atoms with Crippen molar-refractivity contribution in [2.24, 2.45) is 7.05 Å². The molecule has 8 heteroatoms. The van der Waals surface area contributed by atoms with E-state index in [0.29, 0.717) is 5.75 Å². The molecule has 0 bridgehead atoms. The highest BCUT2D eigenvalue weighted by Crippen LogP contribution is 2.25. The van der Waals surface area contributed by atoms with E-state index in [9.17, 15) is 4.79 Å². The molecular weight excluding hydrogens is 414 g/mol. The second-order valence-electron chi connectivity index (χ2n) is 6.84. The van der Waals surface area contributed by atoms with E-state index in [-0.39, 0.29) is 12.3 Å². The first-order valence-electron chi connectivity index (χ1n) is 9.46. The lowest BCUT2D eigenvalue weighted by Crippen LogP contribution is -2.14. The predicted molar refractivity (Wildman–Crippen MR) is 122 cm³/mol. The molecule has 0 saturated heterocycles. The molecule has 2 aromatic carbocycles. The maximum Gasteiger partial charge on any atom is 0.231 e. The van der Waals surface area contributed by atoms with Crippen molar-refractivity contribution in [2.45, 2.75) is 24.3 Å². The van der Waals surface area contributed by atoms with Crippen molar-refractivity contribution < 1.29 is 4.79 Å². The fraction of sp³-hybridized carbons (Fsp3) is 0.182. The van der Waals surface area contributed by atoms with Crippen LogP contribution in [0.1, 0.15) is 16.3 Å². The summed E-state index contributed by atoms with van der Waals surface area (Å²) < 4.78 is 1.99. The van der Waals surface area contributed by atoms with E-state index >= 15 is 0 Å². The van der Waals surface area contributed by atoms with Gasteiger partial charge in [-0.15, -0.1) is 21.5 Å². The van der Waals surface area contributed by atoms with Gasteiger partial charge >= 0.3 is 0 Å². The lowest BCUT2D eigenvalue weighted by Gasteiger charge is -2.04. The zero-order chi connectivity index (χ0) is 20.9. The SMILES string of the molecule is Cc1ccc(NC(=O)Cc2nc(CSc3nnc(-c4ccccc4)n3C)cs2)cc1. The molecule has 0 unspecified atom stereocenters. The van der Waals surface area contributed by atoms with Crippen molar-refractivity contribution in [1.29, 1.82) is 0 Å². The van der Waals surface area contributed by atoms with Gasteiger partial charge in [-0.25, -0.2) is 4.98 Å². The Bertz CT molecular complexity index is 1140. The van der Waals surface area contributed by atoms with E-state index in [1.54, 1.807) is 11.8 Å². The Morgan fingerprint density at radius 2 is 1.87 bits per heavy atom. The number of hydrogen-bond donors (Lipinski definition) is 1. The summed E-state index contributed by atoms with van der Waals surface area (Å²) in [5, 5.41) is 15.2. The summed E-state index contributed by atoms with van der Waals surface area (Å²) in [5.41, 5.74) is 3.94. The normalized spacial score (nSPS) is 10.9. The number of thioether (sulfide) groups is 1. The summed E-state index contributed by atoms with van der Waals surface area (Å²) in [6.45, 7) is 2.02. The third-order valence-corrected chi connectivity index (χ3v) is 6.41. The number of hydrogen-bond acceptors (Lipinski definition) is 6. The Morgan fingerprint density at radius 1 is 1.10 bits per heavy atom. The van der Waals surface area contributed by atoms with Crippen LogP contribution in [0.5, 0.6) is 0 Å². The third kappa shape index (κ3) is 4.95. The molecule has 4 aromatic rings. The largest absolute Gasteiger partial charge is 0.326 e. The van der Waals surface area contributed by atoms with Crippen molar-refractivity contribution in [3.05, 3.63) is 76.2 Å². The predicted octanol–water partition coefficient (Wildman–Crippen LogP) is 4.72. The van der Waals surface area contributed by atoms with Crippen LogP contribution < -0.4 is 5.32 Å². The van der Waals surface area contributed by atoms with Gasteiger partial charge in [0.1, 0.15) is 5.01 Å². The zero-order valence-corrected chi connectivity index (χ0v) is 18.3. The standard InChI is InChI=1S/C22H21N5OS2/c1-15-8-10-17(11-9-15)23-19(28)12-20-24-18(13-29-20)14-30-22-26-25-21(27(22)2)16-6-4-3-5-7-16/h3-11,13H,12,14H2,1-2H3,(H,23,28). The Kier molecular flexibility index (Phi) is 6.25. The van der Waals surface area contributed by atoms with E-state index in [0.717, 1.165) is 38.5 Å². The van der Waals surface area contributed by atoms with Crippen LogP contribution in [-0.2, 0) is 24.0 Å². The summed E-state index contributed by atoms with van der Waals surface area (Å²) in [7, 11) is 1.96. The molecule has 0 atom stereocenters. The second-order valence-corrected chi connectivity index (χ2v) is 8.73. The van der Waals surface area contributed by atoms with E-state index in [1.165, 1.54) is 11.3 Å². The van der Waals surface area contributed by atoms with Crippen LogP contribution >= 0.6 is 23.1 Å². The molecule has 0 aliphatic heterocycles. The van der Waals surface area contributed by atoms with Crippen LogP contribution in [0.25, 0.3) is 11.4 Å². The molecule has 0 spiro atoms. The molecule has 30 heavy (non-hydrogen) atoms. The van der Waals surface area contributed by atoms with Crippen molar-refractivity contribution in [3.63, 3.8) is 0 Å². The van der Waals surface area contributed by atoms with Gasteiger partial charge in [0.2, 0.25) is 5.91 Å². The molecule has 1 N–H and O–H groups in total. The first-order valence-corrected chi connectivity index (χ1v) is 11.3. The fourth-order valence-corrected chi connectivity index (χ4v) is 4.60. The third-order valence-electron chi connectivity index (χ3n) is 4.46. The van der Waals surface area contributed by atoms with E-state index in [1.807, 2.05) is 78.5 Å². The monoisotopic (exact) mass is 435 g/mol. The van der Waals surface area contributed by atoms with Crippen molar-refractivity contribution >= 4 is 34.7 Å². The highest BCUT2D eigenvalue weighted by atomic mass is 32.2. The average Bonchev–Trinajstić information content (AvgIpc) is 3.35. The molecular formula is C22H21N5OS2. The first kappa shape index (κ1) is 20.3. The molecule has 152 valence electrons. The maximum absolute atomic E-state index is 12.3. The van der Waals surface area contributed by atoms with E-state index < -0.39 is 0 Å². The number of thiazole rings is 1. The van der Waals surface area contributed by atoms with Gasteiger partial charge in [0, 0.05) is 29.4 Å². The van der Waals surface area contributed by atoms with Gasteiger partial charge in [0.25, 0.3) is 0 Å². The molecule has 0 aliphatic rings. The lowest BCUT2D eigenvalue weighted by atomic mass is 10.2. The van der Waals surface area contributed by atoms with Crippen LogP contribution in [-0.4, -0.2) is 25.7 Å². The Morgan fingerprint density at radius 3 is 2.63 bits per heavy atom. The molecule has 0 saturated carbocycles. The number of rotatable bonds is 7. The van der Waals surface area contributed by atoms with E-state index in [4.69, 9.17) is 0 Å². The van der Waals surface area contributed by atoms with Crippen LogP contribution in [0.15, 0.2) is 65.1 Å². The Hall–Kier alpha value is -2.97. The number of amides is 1. The topological polar surface area (TPSA) is 72.7 Å². The molecule has 0 aliphatic carbocycles. The van der Waals surface area contributed by atoms with Crippen molar-refractivity contribution in [1.82, 2.24) is 19.7 Å². The molecule has 6 nitrogen and oxygen atoms in total. The number of aryl methyl sites for hydroxylation is 1. The summed E-state index contributed by atoms with van der Waals surface area (Å²) in [4.78, 5) is 16.9. The number of nitrogens with one attached hydrogen (secondary N) is 1. The minimum atomic E-state index is -0.0618. The van der Waals surface area contributed by atoms with Crippen molar-refractivity contribution in [2.75, 3.05) is 5.32 Å². The minimum absolute atomic E-state index is 0.0618. The Balaban J connectivity index is 1.33. The van der Waals surface area contributed by atoms with Gasteiger partial charge in [-0.05, 0) is 19.1 Å². The number of anilines is 1. The zero-order valence-electron chi connectivity index (χ0n) is 16.7. The number of carbonyl (C=O) groups is 1. The Labute approximate surface area is 183 Å².